The lowest BCUT2D eigenvalue weighted by Gasteiger charge is -2.24. The van der Waals surface area contributed by atoms with Gasteiger partial charge in [0.2, 0.25) is 5.95 Å². The molecule has 0 spiro atoms. The zero-order valence-corrected chi connectivity index (χ0v) is 12.0. The fourth-order valence-electron chi connectivity index (χ4n) is 3.71. The lowest BCUT2D eigenvalue weighted by molar-refractivity contribution is 0.383. The van der Waals surface area contributed by atoms with E-state index in [0.717, 1.165) is 30.0 Å². The number of hydrogen-bond donors (Lipinski definition) is 1. The second kappa shape index (κ2) is 4.92. The second-order valence-electron chi connectivity index (χ2n) is 6.37. The Bertz CT molecular complexity index is 653. The molecule has 2 aromatic rings. The molecule has 0 radical (unpaired) electrons. The van der Waals surface area contributed by atoms with Crippen molar-refractivity contribution in [3.05, 3.63) is 54.1 Å². The monoisotopic (exact) mass is 282 g/mol. The molecule has 1 aromatic carbocycles. The fourth-order valence-corrected chi connectivity index (χ4v) is 3.71. The summed E-state index contributed by atoms with van der Waals surface area (Å²) in [6.45, 7) is 1.15. The van der Waals surface area contributed by atoms with Gasteiger partial charge in [0, 0.05) is 17.3 Å². The highest BCUT2D eigenvalue weighted by Gasteiger charge is 2.54. The van der Waals surface area contributed by atoms with Crippen LogP contribution in [0.1, 0.15) is 24.8 Å². The van der Waals surface area contributed by atoms with E-state index in [4.69, 9.17) is 0 Å². The van der Waals surface area contributed by atoms with Crippen molar-refractivity contribution in [3.63, 3.8) is 0 Å². The molecule has 2 heterocycles. The smallest absolute Gasteiger partial charge is 0.212 e. The third kappa shape index (κ3) is 2.46. The van der Waals surface area contributed by atoms with Crippen LogP contribution < -0.4 is 5.32 Å². The summed E-state index contributed by atoms with van der Waals surface area (Å²) in [6.07, 6.45) is 6.70. The number of fused-ring (bicyclic) bond motifs is 1. The van der Waals surface area contributed by atoms with Crippen LogP contribution in [-0.2, 0) is 6.42 Å². The van der Waals surface area contributed by atoms with Crippen LogP contribution in [0.15, 0.2) is 42.6 Å². The SMILES string of the molecule is Fc1ccc(-c2cccc(CC34CC3CCCN4)c2)cn1. The van der Waals surface area contributed by atoms with Crippen LogP contribution in [0.3, 0.4) is 0 Å². The average Bonchev–Trinajstić information content (AvgIpc) is 3.22. The standard InChI is InChI=1S/C18H19FN2/c19-17-7-6-15(12-20-17)14-4-1-3-13(9-14)10-18-11-16(18)5-2-8-21-18/h1,3-4,6-7,9,12,16,21H,2,5,8,10-11H2. The first kappa shape index (κ1) is 13.0. The molecule has 21 heavy (non-hydrogen) atoms. The Kier molecular flexibility index (Phi) is 3.03. The van der Waals surface area contributed by atoms with Gasteiger partial charge in [-0.2, -0.15) is 4.39 Å². The van der Waals surface area contributed by atoms with Crippen LogP contribution in [0.4, 0.5) is 4.39 Å². The summed E-state index contributed by atoms with van der Waals surface area (Å²) in [4.78, 5) is 3.74. The van der Waals surface area contributed by atoms with E-state index >= 15 is 0 Å². The topological polar surface area (TPSA) is 24.9 Å². The summed E-state index contributed by atoms with van der Waals surface area (Å²) in [5.74, 6) is 0.434. The Morgan fingerprint density at radius 1 is 1.24 bits per heavy atom. The number of hydrogen-bond acceptors (Lipinski definition) is 2. The van der Waals surface area contributed by atoms with Crippen LogP contribution in [0.25, 0.3) is 11.1 Å². The Balaban J connectivity index is 1.57. The molecular weight excluding hydrogens is 263 g/mol. The van der Waals surface area contributed by atoms with Crippen molar-refractivity contribution in [1.29, 1.82) is 0 Å². The van der Waals surface area contributed by atoms with Crippen molar-refractivity contribution >= 4 is 0 Å². The van der Waals surface area contributed by atoms with E-state index in [2.05, 4.69) is 34.6 Å². The van der Waals surface area contributed by atoms with Crippen molar-refractivity contribution in [2.45, 2.75) is 31.2 Å². The fraction of sp³-hybridized carbons (Fsp3) is 0.389. The van der Waals surface area contributed by atoms with E-state index in [1.165, 1.54) is 30.9 Å². The van der Waals surface area contributed by atoms with E-state index in [0.29, 0.717) is 5.54 Å². The molecule has 1 saturated heterocycles. The largest absolute Gasteiger partial charge is 0.311 e. The number of piperidine rings is 1. The summed E-state index contributed by atoms with van der Waals surface area (Å²) >= 11 is 0. The van der Waals surface area contributed by atoms with Crippen molar-refractivity contribution < 1.29 is 4.39 Å². The van der Waals surface area contributed by atoms with Gasteiger partial charge in [-0.15, -0.1) is 0 Å². The molecule has 0 amide bonds. The lowest BCUT2D eigenvalue weighted by Crippen LogP contribution is -2.39. The average molecular weight is 282 g/mol. The Morgan fingerprint density at radius 3 is 3.00 bits per heavy atom. The number of rotatable bonds is 3. The van der Waals surface area contributed by atoms with Gasteiger partial charge in [-0.1, -0.05) is 24.3 Å². The quantitative estimate of drug-likeness (QED) is 0.871. The molecule has 2 fully saturated rings. The van der Waals surface area contributed by atoms with E-state index in [-0.39, 0.29) is 0 Å². The summed E-state index contributed by atoms with van der Waals surface area (Å²) in [5.41, 5.74) is 3.80. The maximum atomic E-state index is 12.9. The number of pyridine rings is 1. The summed E-state index contributed by atoms with van der Waals surface area (Å²) in [5, 5.41) is 3.72. The number of aromatic nitrogens is 1. The predicted molar refractivity (Wildman–Crippen MR) is 81.4 cm³/mol. The molecule has 3 heteroatoms. The maximum absolute atomic E-state index is 12.9. The first-order valence-electron chi connectivity index (χ1n) is 7.71. The molecule has 2 nitrogen and oxygen atoms in total. The molecule has 1 N–H and O–H groups in total. The van der Waals surface area contributed by atoms with Gasteiger partial charge in [0.25, 0.3) is 0 Å². The minimum absolute atomic E-state index is 0.359. The van der Waals surface area contributed by atoms with Gasteiger partial charge in [0.05, 0.1) is 0 Å². The molecule has 2 aliphatic rings. The molecule has 2 atom stereocenters. The summed E-state index contributed by atoms with van der Waals surface area (Å²) in [6, 6.07) is 11.8. The molecule has 108 valence electrons. The third-order valence-electron chi connectivity index (χ3n) is 4.95. The normalized spacial score (nSPS) is 27.2. The zero-order chi connectivity index (χ0) is 14.3. The molecule has 1 aliphatic heterocycles. The number of nitrogens with one attached hydrogen (secondary N) is 1. The molecule has 4 rings (SSSR count). The van der Waals surface area contributed by atoms with Crippen LogP contribution in [0.5, 0.6) is 0 Å². The molecule has 1 aliphatic carbocycles. The van der Waals surface area contributed by atoms with Crippen LogP contribution in [-0.4, -0.2) is 17.1 Å². The van der Waals surface area contributed by atoms with Crippen molar-refractivity contribution in [2.75, 3.05) is 6.54 Å². The Morgan fingerprint density at radius 2 is 2.19 bits per heavy atom. The first-order chi connectivity index (χ1) is 10.3. The number of halogens is 1. The van der Waals surface area contributed by atoms with E-state index in [1.807, 2.05) is 0 Å². The second-order valence-corrected chi connectivity index (χ2v) is 6.37. The lowest BCUT2D eigenvalue weighted by atomic mass is 9.95. The highest BCUT2D eigenvalue weighted by molar-refractivity contribution is 5.63. The van der Waals surface area contributed by atoms with Crippen molar-refractivity contribution in [2.24, 2.45) is 5.92 Å². The van der Waals surface area contributed by atoms with Crippen molar-refractivity contribution in [3.8, 4) is 11.1 Å². The van der Waals surface area contributed by atoms with Gasteiger partial charge in [-0.25, -0.2) is 4.98 Å². The van der Waals surface area contributed by atoms with Gasteiger partial charge in [-0.3, -0.25) is 0 Å². The third-order valence-corrected chi connectivity index (χ3v) is 4.95. The molecular formula is C18H19FN2. The van der Waals surface area contributed by atoms with E-state index in [9.17, 15) is 4.39 Å². The highest BCUT2D eigenvalue weighted by Crippen LogP contribution is 2.50. The van der Waals surface area contributed by atoms with Crippen molar-refractivity contribution in [1.82, 2.24) is 10.3 Å². The van der Waals surface area contributed by atoms with Gasteiger partial charge in [0.15, 0.2) is 0 Å². The van der Waals surface area contributed by atoms with Gasteiger partial charge >= 0.3 is 0 Å². The molecule has 1 saturated carbocycles. The Labute approximate surface area is 124 Å². The minimum atomic E-state index is -0.430. The van der Waals surface area contributed by atoms with Crippen LogP contribution >= 0.6 is 0 Å². The van der Waals surface area contributed by atoms with Crippen LogP contribution in [0, 0.1) is 11.9 Å². The molecule has 2 unspecified atom stereocenters. The summed E-state index contributed by atoms with van der Waals surface area (Å²) in [7, 11) is 0. The number of nitrogens with zero attached hydrogens (tertiary/aromatic N) is 1. The van der Waals surface area contributed by atoms with Gasteiger partial charge in [0.1, 0.15) is 0 Å². The minimum Gasteiger partial charge on any atom is -0.311 e. The predicted octanol–water partition coefficient (Wildman–Crippen LogP) is 3.57. The molecule has 0 bridgehead atoms. The van der Waals surface area contributed by atoms with E-state index < -0.39 is 5.95 Å². The zero-order valence-electron chi connectivity index (χ0n) is 12.0. The number of benzene rings is 1. The first-order valence-corrected chi connectivity index (χ1v) is 7.71. The van der Waals surface area contributed by atoms with Gasteiger partial charge in [-0.05, 0) is 61.4 Å². The molecule has 1 aromatic heterocycles. The van der Waals surface area contributed by atoms with E-state index in [1.54, 1.807) is 12.3 Å². The van der Waals surface area contributed by atoms with Crippen LogP contribution in [0.2, 0.25) is 0 Å². The Hall–Kier alpha value is -1.74. The highest BCUT2D eigenvalue weighted by atomic mass is 19.1. The summed E-state index contributed by atoms with van der Waals surface area (Å²) < 4.78 is 12.9. The van der Waals surface area contributed by atoms with Gasteiger partial charge < -0.3 is 5.32 Å². The maximum Gasteiger partial charge on any atom is 0.212 e.